The lowest BCUT2D eigenvalue weighted by Crippen LogP contribution is -2.58. The molecule has 1 spiro atoms. The number of carbonyl (C=O) groups excluding carboxylic acids is 2. The Bertz CT molecular complexity index is 1280. The highest BCUT2D eigenvalue weighted by molar-refractivity contribution is 8.02. The molecule has 0 saturated carbocycles. The summed E-state index contributed by atoms with van der Waals surface area (Å²) in [7, 11) is 0. The Kier molecular flexibility index (Phi) is 6.39. The summed E-state index contributed by atoms with van der Waals surface area (Å²) < 4.78 is -1.47. The summed E-state index contributed by atoms with van der Waals surface area (Å²) in [6.07, 6.45) is 2.87. The maximum absolute atomic E-state index is 14.6. The highest BCUT2D eigenvalue weighted by Gasteiger charge is 2.78. The van der Waals surface area contributed by atoms with E-state index in [4.69, 9.17) is 0 Å². The quantitative estimate of drug-likeness (QED) is 0.510. The smallest absolute Gasteiger partial charge is 0.308 e. The van der Waals surface area contributed by atoms with Crippen LogP contribution in [0.5, 0.6) is 0 Å². The fraction of sp³-hybridized carbons (Fsp3) is 0.483. The Balaban J connectivity index is 1.65. The number of carboxylic acid groups (broad SMARTS) is 1. The number of benzene rings is 2. The van der Waals surface area contributed by atoms with Gasteiger partial charge in [-0.3, -0.25) is 14.4 Å². The van der Waals surface area contributed by atoms with Crippen molar-refractivity contribution in [3.63, 3.8) is 0 Å². The molecule has 3 aliphatic rings. The molecule has 6 atom stereocenters. The summed E-state index contributed by atoms with van der Waals surface area (Å²) in [5.74, 6) is -3.38. The minimum Gasteiger partial charge on any atom is -0.481 e. The maximum Gasteiger partial charge on any atom is 0.308 e. The Morgan fingerprint density at radius 2 is 1.92 bits per heavy atom. The molecule has 3 heterocycles. The second kappa shape index (κ2) is 9.17. The van der Waals surface area contributed by atoms with Crippen molar-refractivity contribution in [2.45, 2.75) is 55.2 Å². The molecule has 0 aromatic heterocycles. The zero-order valence-corrected chi connectivity index (χ0v) is 22.3. The molecule has 2 aromatic rings. The third-order valence-corrected chi connectivity index (χ3v) is 10.6. The number of aliphatic hydroxyl groups is 1. The predicted molar refractivity (Wildman–Crippen MR) is 145 cm³/mol. The summed E-state index contributed by atoms with van der Waals surface area (Å²) in [5.41, 5.74) is 0.694. The van der Waals surface area contributed by atoms with Crippen molar-refractivity contribution in [3.05, 3.63) is 55.1 Å². The lowest BCUT2D eigenvalue weighted by atomic mass is 9.66. The van der Waals surface area contributed by atoms with E-state index in [-0.39, 0.29) is 30.9 Å². The van der Waals surface area contributed by atoms with Crippen molar-refractivity contribution in [2.24, 2.45) is 17.8 Å². The van der Waals surface area contributed by atoms with Crippen molar-refractivity contribution in [2.75, 3.05) is 18.1 Å². The summed E-state index contributed by atoms with van der Waals surface area (Å²) >= 11 is 1.51. The summed E-state index contributed by atoms with van der Waals surface area (Å²) in [4.78, 5) is 44.4. The number of likely N-dealkylation sites (tertiary alicyclic amines) is 1. The maximum atomic E-state index is 14.6. The van der Waals surface area contributed by atoms with Crippen LogP contribution in [-0.2, 0) is 14.4 Å². The lowest BCUT2D eigenvalue weighted by molar-refractivity contribution is -0.151. The van der Waals surface area contributed by atoms with E-state index < -0.39 is 39.4 Å². The second-order valence-electron chi connectivity index (χ2n) is 11.1. The number of hydrogen-bond donors (Lipinski definition) is 2. The first-order valence-electron chi connectivity index (χ1n) is 12.9. The van der Waals surface area contributed by atoms with E-state index in [1.165, 1.54) is 11.8 Å². The van der Waals surface area contributed by atoms with Gasteiger partial charge in [0.15, 0.2) is 0 Å². The first kappa shape index (κ1) is 25.8. The molecule has 2 N–H and O–H groups in total. The van der Waals surface area contributed by atoms with Crippen LogP contribution in [-0.4, -0.2) is 67.6 Å². The van der Waals surface area contributed by atoms with Crippen molar-refractivity contribution in [1.82, 2.24) is 4.90 Å². The minimum absolute atomic E-state index is 0.117. The second-order valence-corrected chi connectivity index (χ2v) is 13.0. The molecule has 3 aliphatic heterocycles. The highest BCUT2D eigenvalue weighted by Crippen LogP contribution is 2.71. The molecule has 2 bridgehead atoms. The SMILES string of the molecule is C=CCN(C(=O)C1N([C@@H](CO)C(C)C)C(=O)[C@@H]2[C@H](C(=O)O)[C@]3(C)CCC12S3)c1ccc2ccccc2c1. The van der Waals surface area contributed by atoms with Gasteiger partial charge in [0.1, 0.15) is 6.04 Å². The van der Waals surface area contributed by atoms with Gasteiger partial charge in [-0.05, 0) is 48.6 Å². The number of carboxylic acids is 1. The number of carbonyl (C=O) groups is 3. The van der Waals surface area contributed by atoms with Gasteiger partial charge in [-0.25, -0.2) is 0 Å². The zero-order chi connectivity index (χ0) is 26.7. The molecular weight excluding hydrogens is 488 g/mol. The van der Waals surface area contributed by atoms with Crippen LogP contribution in [0.2, 0.25) is 0 Å². The van der Waals surface area contributed by atoms with E-state index in [0.717, 1.165) is 10.8 Å². The summed E-state index contributed by atoms with van der Waals surface area (Å²) in [6, 6.07) is 12.3. The molecule has 2 amide bonds. The standard InChI is InChI=1S/C29H34N2O5S/c1-5-14-30(20-11-10-18-8-6-7-9-19(18)15-20)26(34)24-29-13-12-28(4,37-29)23(27(35)36)22(29)25(33)31(24)21(16-32)17(2)3/h5-11,15,17,21-24,32H,1,12-14,16H2,2-4H3,(H,35,36)/t21-,22-,23+,24?,28-,29?/m0/s1. The van der Waals surface area contributed by atoms with Gasteiger partial charge in [0.2, 0.25) is 5.91 Å². The number of aliphatic carboxylic acids is 1. The molecule has 7 nitrogen and oxygen atoms in total. The molecule has 2 unspecified atom stereocenters. The van der Waals surface area contributed by atoms with Gasteiger partial charge in [0.25, 0.3) is 5.91 Å². The first-order chi connectivity index (χ1) is 17.6. The van der Waals surface area contributed by atoms with Crippen LogP contribution in [0, 0.1) is 17.8 Å². The van der Waals surface area contributed by atoms with E-state index >= 15 is 0 Å². The Labute approximate surface area is 221 Å². The number of rotatable bonds is 8. The molecule has 196 valence electrons. The van der Waals surface area contributed by atoms with E-state index in [0.29, 0.717) is 18.5 Å². The highest BCUT2D eigenvalue weighted by atomic mass is 32.2. The van der Waals surface area contributed by atoms with E-state index in [9.17, 15) is 24.6 Å². The van der Waals surface area contributed by atoms with Gasteiger partial charge in [-0.2, -0.15) is 0 Å². The predicted octanol–water partition coefficient (Wildman–Crippen LogP) is 3.94. The number of anilines is 1. The van der Waals surface area contributed by atoms with Crippen molar-refractivity contribution >= 4 is 46.0 Å². The Morgan fingerprint density at radius 1 is 1.22 bits per heavy atom. The zero-order valence-electron chi connectivity index (χ0n) is 21.5. The minimum atomic E-state index is -0.995. The van der Waals surface area contributed by atoms with Gasteiger partial charge in [0, 0.05) is 17.0 Å². The van der Waals surface area contributed by atoms with Crippen LogP contribution in [0.4, 0.5) is 5.69 Å². The number of hydrogen-bond acceptors (Lipinski definition) is 5. The van der Waals surface area contributed by atoms with Crippen molar-refractivity contribution in [3.8, 4) is 0 Å². The Hall–Kier alpha value is -2.84. The van der Waals surface area contributed by atoms with E-state index in [1.807, 2.05) is 63.2 Å². The number of fused-ring (bicyclic) bond motifs is 2. The largest absolute Gasteiger partial charge is 0.481 e. The molecule has 0 aliphatic carbocycles. The topological polar surface area (TPSA) is 98.2 Å². The van der Waals surface area contributed by atoms with Crippen LogP contribution in [0.15, 0.2) is 55.1 Å². The van der Waals surface area contributed by atoms with Crippen LogP contribution in [0.3, 0.4) is 0 Å². The van der Waals surface area contributed by atoms with Crippen LogP contribution >= 0.6 is 11.8 Å². The molecular formula is C29H34N2O5S. The van der Waals surface area contributed by atoms with Crippen LogP contribution in [0.1, 0.15) is 33.6 Å². The van der Waals surface area contributed by atoms with Gasteiger partial charge in [-0.15, -0.1) is 18.3 Å². The molecule has 3 saturated heterocycles. The lowest BCUT2D eigenvalue weighted by Gasteiger charge is -2.40. The average Bonchev–Trinajstić information content (AvgIpc) is 3.43. The van der Waals surface area contributed by atoms with Crippen LogP contribution < -0.4 is 4.90 Å². The monoisotopic (exact) mass is 522 g/mol. The Morgan fingerprint density at radius 3 is 2.54 bits per heavy atom. The van der Waals surface area contributed by atoms with E-state index in [1.54, 1.807) is 15.9 Å². The average molecular weight is 523 g/mol. The number of amides is 2. The van der Waals surface area contributed by atoms with Gasteiger partial charge >= 0.3 is 5.97 Å². The first-order valence-corrected chi connectivity index (χ1v) is 13.7. The third kappa shape index (κ3) is 3.71. The molecule has 2 aromatic carbocycles. The van der Waals surface area contributed by atoms with Gasteiger partial charge in [-0.1, -0.05) is 50.3 Å². The normalized spacial score (nSPS) is 31.1. The summed E-state index contributed by atoms with van der Waals surface area (Å²) in [6.45, 7) is 9.55. The van der Waals surface area contributed by atoms with Gasteiger partial charge < -0.3 is 20.0 Å². The van der Waals surface area contributed by atoms with Gasteiger partial charge in [0.05, 0.1) is 29.2 Å². The van der Waals surface area contributed by atoms with Crippen LogP contribution in [0.25, 0.3) is 10.8 Å². The molecule has 8 heteroatoms. The number of thioether (sulfide) groups is 1. The van der Waals surface area contributed by atoms with E-state index in [2.05, 4.69) is 6.58 Å². The number of nitrogens with zero attached hydrogens (tertiary/aromatic N) is 2. The molecule has 3 fully saturated rings. The molecule has 0 radical (unpaired) electrons. The third-order valence-electron chi connectivity index (χ3n) is 8.65. The summed E-state index contributed by atoms with van der Waals surface area (Å²) in [5, 5.41) is 22.6. The molecule has 37 heavy (non-hydrogen) atoms. The fourth-order valence-corrected chi connectivity index (χ4v) is 9.27. The molecule has 5 rings (SSSR count). The van der Waals surface area contributed by atoms with Crippen molar-refractivity contribution in [1.29, 1.82) is 0 Å². The van der Waals surface area contributed by atoms with Crippen molar-refractivity contribution < 1.29 is 24.6 Å². The fourth-order valence-electron chi connectivity index (χ4n) is 6.94. The number of aliphatic hydroxyl groups excluding tert-OH is 1.